The highest BCUT2D eigenvalue weighted by molar-refractivity contribution is 6.08. The number of rotatable bonds is 3. The van der Waals surface area contributed by atoms with Gasteiger partial charge >= 0.3 is 11.9 Å². The molecule has 114 valence electrons. The van der Waals surface area contributed by atoms with Crippen molar-refractivity contribution in [2.75, 3.05) is 0 Å². The van der Waals surface area contributed by atoms with E-state index in [0.717, 1.165) is 22.9 Å². The van der Waals surface area contributed by atoms with E-state index < -0.39 is 11.9 Å². The molecule has 5 nitrogen and oxygen atoms in total. The normalized spacial score (nSPS) is 14.5. The Morgan fingerprint density at radius 1 is 0.957 bits per heavy atom. The molecule has 5 heteroatoms. The van der Waals surface area contributed by atoms with E-state index in [2.05, 4.69) is 4.99 Å². The zero-order valence-electron chi connectivity index (χ0n) is 12.1. The van der Waals surface area contributed by atoms with Crippen molar-refractivity contribution in [3.63, 3.8) is 0 Å². The number of hydrogen-bond donors (Lipinski definition) is 2. The lowest BCUT2D eigenvalue weighted by Gasteiger charge is -2.13. The summed E-state index contributed by atoms with van der Waals surface area (Å²) in [7, 11) is 0. The maximum atomic E-state index is 11.2. The predicted octanol–water partition coefficient (Wildman–Crippen LogP) is 3.62. The lowest BCUT2D eigenvalue weighted by atomic mass is 9.95. The van der Waals surface area contributed by atoms with E-state index in [1.807, 2.05) is 36.4 Å². The van der Waals surface area contributed by atoms with Gasteiger partial charge in [0, 0.05) is 12.0 Å². The highest BCUT2D eigenvalue weighted by Crippen LogP contribution is 2.24. The lowest BCUT2D eigenvalue weighted by Crippen LogP contribution is -2.06. The Bertz CT molecular complexity index is 833. The maximum absolute atomic E-state index is 11.2. The third-order valence-electron chi connectivity index (χ3n) is 3.56. The number of aromatic carboxylic acids is 2. The Labute approximate surface area is 132 Å². The zero-order chi connectivity index (χ0) is 16.4. The summed E-state index contributed by atoms with van der Waals surface area (Å²) in [6.07, 6.45) is 4.59. The molecular formula is C18H13NO4. The number of allylic oxidation sites excluding steroid dienone is 1. The minimum Gasteiger partial charge on any atom is -0.478 e. The van der Waals surface area contributed by atoms with Gasteiger partial charge in [0.1, 0.15) is 0 Å². The van der Waals surface area contributed by atoms with Crippen LogP contribution in [0, 0.1) is 0 Å². The maximum Gasteiger partial charge on any atom is 0.335 e. The van der Waals surface area contributed by atoms with Crippen LogP contribution in [0.4, 0.5) is 5.69 Å². The molecule has 0 aliphatic heterocycles. The van der Waals surface area contributed by atoms with Crippen molar-refractivity contribution in [3.05, 3.63) is 70.8 Å². The smallest absolute Gasteiger partial charge is 0.335 e. The van der Waals surface area contributed by atoms with Gasteiger partial charge in [-0.2, -0.15) is 0 Å². The van der Waals surface area contributed by atoms with Gasteiger partial charge in [0.2, 0.25) is 0 Å². The fourth-order valence-electron chi connectivity index (χ4n) is 2.50. The van der Waals surface area contributed by atoms with Crippen molar-refractivity contribution in [3.8, 4) is 0 Å². The monoisotopic (exact) mass is 307 g/mol. The third kappa shape index (κ3) is 3.03. The largest absolute Gasteiger partial charge is 0.478 e. The number of carboxylic acid groups (broad SMARTS) is 2. The molecular weight excluding hydrogens is 294 g/mol. The van der Waals surface area contributed by atoms with Gasteiger partial charge in [0.25, 0.3) is 0 Å². The predicted molar refractivity (Wildman–Crippen MR) is 86.7 cm³/mol. The summed E-state index contributed by atoms with van der Waals surface area (Å²) in [6.45, 7) is 0. The lowest BCUT2D eigenvalue weighted by molar-refractivity contribution is 0.0696. The van der Waals surface area contributed by atoms with E-state index in [0.29, 0.717) is 12.1 Å². The minimum atomic E-state index is -1.18. The van der Waals surface area contributed by atoms with E-state index in [9.17, 15) is 9.59 Å². The molecule has 2 N–H and O–H groups in total. The quantitative estimate of drug-likeness (QED) is 0.906. The number of carboxylic acids is 2. The van der Waals surface area contributed by atoms with Crippen LogP contribution in [0.3, 0.4) is 0 Å². The van der Waals surface area contributed by atoms with Crippen LogP contribution in [0.1, 0.15) is 38.3 Å². The minimum absolute atomic E-state index is 0.0936. The van der Waals surface area contributed by atoms with Gasteiger partial charge in [0.05, 0.1) is 22.5 Å². The second-order valence-corrected chi connectivity index (χ2v) is 5.13. The molecule has 0 saturated carbocycles. The Morgan fingerprint density at radius 2 is 1.61 bits per heavy atom. The van der Waals surface area contributed by atoms with Gasteiger partial charge in [-0.1, -0.05) is 36.4 Å². The molecule has 0 amide bonds. The Kier molecular flexibility index (Phi) is 3.76. The molecule has 23 heavy (non-hydrogen) atoms. The summed E-state index contributed by atoms with van der Waals surface area (Å²) in [4.78, 5) is 26.8. The van der Waals surface area contributed by atoms with Crippen LogP contribution in [-0.2, 0) is 0 Å². The number of hydrogen-bond acceptors (Lipinski definition) is 3. The summed E-state index contributed by atoms with van der Waals surface area (Å²) >= 11 is 0. The van der Waals surface area contributed by atoms with Gasteiger partial charge in [-0.25, -0.2) is 9.59 Å². The SMILES string of the molecule is O=C(O)c1cc(N=C2CC=Cc3ccccc32)cc(C(=O)O)c1. The zero-order valence-corrected chi connectivity index (χ0v) is 12.1. The molecule has 3 rings (SSSR count). The van der Waals surface area contributed by atoms with Crippen LogP contribution in [-0.4, -0.2) is 27.9 Å². The highest BCUT2D eigenvalue weighted by Gasteiger charge is 2.14. The first-order valence-corrected chi connectivity index (χ1v) is 7.00. The van der Waals surface area contributed by atoms with Crippen LogP contribution >= 0.6 is 0 Å². The Morgan fingerprint density at radius 3 is 2.26 bits per heavy atom. The summed E-state index contributed by atoms with van der Waals surface area (Å²) in [6, 6.07) is 11.6. The second-order valence-electron chi connectivity index (χ2n) is 5.13. The molecule has 2 aromatic rings. The topological polar surface area (TPSA) is 87.0 Å². The number of fused-ring (bicyclic) bond motifs is 1. The van der Waals surface area contributed by atoms with Gasteiger partial charge in [0.15, 0.2) is 0 Å². The van der Waals surface area contributed by atoms with E-state index in [4.69, 9.17) is 10.2 Å². The number of benzene rings is 2. The fourth-order valence-corrected chi connectivity index (χ4v) is 2.50. The molecule has 1 aliphatic carbocycles. The van der Waals surface area contributed by atoms with Crippen molar-refractivity contribution in [1.82, 2.24) is 0 Å². The van der Waals surface area contributed by atoms with Crippen molar-refractivity contribution in [2.45, 2.75) is 6.42 Å². The number of aliphatic imine (C=N–C) groups is 1. The van der Waals surface area contributed by atoms with E-state index in [1.54, 1.807) is 0 Å². The van der Waals surface area contributed by atoms with Crippen LogP contribution in [0.15, 0.2) is 53.5 Å². The number of carbonyl (C=O) groups is 2. The van der Waals surface area contributed by atoms with Crippen LogP contribution in [0.2, 0.25) is 0 Å². The molecule has 1 aliphatic rings. The van der Waals surface area contributed by atoms with Crippen molar-refractivity contribution >= 4 is 29.4 Å². The van der Waals surface area contributed by atoms with Crippen molar-refractivity contribution in [1.29, 1.82) is 0 Å². The molecule has 0 unspecified atom stereocenters. The van der Waals surface area contributed by atoms with Gasteiger partial charge in [-0.15, -0.1) is 0 Å². The van der Waals surface area contributed by atoms with E-state index in [1.165, 1.54) is 12.1 Å². The number of nitrogens with zero attached hydrogens (tertiary/aromatic N) is 1. The van der Waals surface area contributed by atoms with E-state index >= 15 is 0 Å². The van der Waals surface area contributed by atoms with Crippen LogP contribution in [0.25, 0.3) is 6.08 Å². The molecule has 0 saturated heterocycles. The molecule has 0 atom stereocenters. The highest BCUT2D eigenvalue weighted by atomic mass is 16.4. The van der Waals surface area contributed by atoms with Crippen LogP contribution in [0.5, 0.6) is 0 Å². The molecule has 2 aromatic carbocycles. The molecule has 0 aromatic heterocycles. The van der Waals surface area contributed by atoms with E-state index in [-0.39, 0.29) is 11.1 Å². The fraction of sp³-hybridized carbons (Fsp3) is 0.0556. The average Bonchev–Trinajstić information content (AvgIpc) is 2.55. The van der Waals surface area contributed by atoms with Crippen LogP contribution < -0.4 is 0 Å². The molecule has 0 fully saturated rings. The first-order valence-electron chi connectivity index (χ1n) is 7.00. The first-order chi connectivity index (χ1) is 11.0. The molecule has 0 radical (unpaired) electrons. The third-order valence-corrected chi connectivity index (χ3v) is 3.56. The van der Waals surface area contributed by atoms with Gasteiger partial charge < -0.3 is 10.2 Å². The summed E-state index contributed by atoms with van der Waals surface area (Å²) in [5.74, 6) is -2.36. The molecule has 0 heterocycles. The average molecular weight is 307 g/mol. The second kappa shape index (κ2) is 5.88. The van der Waals surface area contributed by atoms with Crippen molar-refractivity contribution in [2.24, 2.45) is 4.99 Å². The van der Waals surface area contributed by atoms with Crippen molar-refractivity contribution < 1.29 is 19.8 Å². The van der Waals surface area contributed by atoms with Gasteiger partial charge in [-0.3, -0.25) is 4.99 Å². The first kappa shape index (κ1) is 14.7. The van der Waals surface area contributed by atoms with Gasteiger partial charge in [-0.05, 0) is 23.8 Å². The summed E-state index contributed by atoms with van der Waals surface area (Å²) in [5.41, 5.74) is 2.91. The summed E-state index contributed by atoms with van der Waals surface area (Å²) < 4.78 is 0. The Hall–Kier alpha value is -3.21. The Balaban J connectivity index is 2.11. The molecule has 0 spiro atoms. The standard InChI is InChI=1S/C18H13NO4/c20-17(21)12-8-13(18(22)23)10-14(9-12)19-16-7-3-5-11-4-1-2-6-15(11)16/h1-6,8-10H,7H2,(H,20,21)(H,22,23). The molecule has 0 bridgehead atoms. The summed E-state index contributed by atoms with van der Waals surface area (Å²) in [5, 5.41) is 18.3.